The quantitative estimate of drug-likeness (QED) is 0.426. The Balaban J connectivity index is 1.23. The fourth-order valence-corrected chi connectivity index (χ4v) is 4.25. The number of H-pyrrole nitrogens is 1. The van der Waals surface area contributed by atoms with Crippen LogP contribution in [0.1, 0.15) is 52.9 Å². The van der Waals surface area contributed by atoms with Gasteiger partial charge in [-0.25, -0.2) is 0 Å². The van der Waals surface area contributed by atoms with Crippen LogP contribution >= 0.6 is 0 Å². The summed E-state index contributed by atoms with van der Waals surface area (Å²) in [5, 5.41) is 12.5. The van der Waals surface area contributed by atoms with Crippen LogP contribution in [0.25, 0.3) is 10.9 Å². The van der Waals surface area contributed by atoms with Crippen LogP contribution in [0.3, 0.4) is 0 Å². The van der Waals surface area contributed by atoms with Crippen molar-refractivity contribution in [1.82, 2.24) is 20.0 Å². The third-order valence-electron chi connectivity index (χ3n) is 6.19. The topological polar surface area (TPSA) is 63.6 Å². The Morgan fingerprint density at radius 3 is 2.80 bits per heavy atom. The first-order chi connectivity index (χ1) is 14.7. The number of para-hydroxylation sites is 1. The predicted octanol–water partition coefficient (Wildman–Crippen LogP) is 4.97. The molecule has 0 spiro atoms. The Hall–Kier alpha value is -3.21. The number of nitrogens with zero attached hydrogens (tertiary/aromatic N) is 3. The van der Waals surface area contributed by atoms with Gasteiger partial charge in [0, 0.05) is 18.0 Å². The van der Waals surface area contributed by atoms with Crippen molar-refractivity contribution in [3.63, 3.8) is 0 Å². The van der Waals surface area contributed by atoms with E-state index in [2.05, 4.69) is 39.6 Å². The van der Waals surface area contributed by atoms with Gasteiger partial charge in [0.05, 0.1) is 18.3 Å². The number of carbonyl (C=O) groups excluding carboxylic acids is 1. The summed E-state index contributed by atoms with van der Waals surface area (Å²) >= 11 is 0. The number of carbonyl (C=O) groups is 1. The first kappa shape index (κ1) is 18.8. The molecule has 1 N–H and O–H groups in total. The minimum absolute atomic E-state index is 0.00462. The number of hydrogen-bond donors (Lipinski definition) is 1. The molecule has 0 aliphatic heterocycles. The SMILES string of the molecule is O=C(Cc1cnn(Cc2cccc(CCC3CCC3)c2)c1)c1n[nH]c2ccccc12. The van der Waals surface area contributed by atoms with Gasteiger partial charge in [-0.05, 0) is 41.5 Å². The molecular weight excluding hydrogens is 372 g/mol. The van der Waals surface area contributed by atoms with E-state index in [0.29, 0.717) is 12.1 Å². The number of ketones is 1. The van der Waals surface area contributed by atoms with Gasteiger partial charge >= 0.3 is 0 Å². The van der Waals surface area contributed by atoms with Gasteiger partial charge in [0.25, 0.3) is 0 Å². The Kier molecular flexibility index (Phi) is 5.18. The molecule has 0 radical (unpaired) electrons. The molecule has 2 heterocycles. The van der Waals surface area contributed by atoms with E-state index in [0.717, 1.165) is 35.3 Å². The summed E-state index contributed by atoms with van der Waals surface area (Å²) in [7, 11) is 0. The van der Waals surface area contributed by atoms with E-state index in [1.807, 2.05) is 35.1 Å². The second-order valence-corrected chi connectivity index (χ2v) is 8.42. The first-order valence-corrected chi connectivity index (χ1v) is 10.8. The molecule has 5 rings (SSSR count). The molecule has 2 aromatic heterocycles. The average Bonchev–Trinajstić information content (AvgIpc) is 3.34. The number of aromatic amines is 1. The number of Topliss-reactive ketones (excluding diaryl/α,β-unsaturated/α-hetero) is 1. The summed E-state index contributed by atoms with van der Waals surface area (Å²) in [6, 6.07) is 16.5. The van der Waals surface area contributed by atoms with Crippen molar-refractivity contribution in [2.24, 2.45) is 5.92 Å². The molecule has 1 saturated carbocycles. The van der Waals surface area contributed by atoms with Crippen molar-refractivity contribution >= 4 is 16.7 Å². The second-order valence-electron chi connectivity index (χ2n) is 8.42. The number of aromatic nitrogens is 4. The van der Waals surface area contributed by atoms with Crippen LogP contribution < -0.4 is 0 Å². The summed E-state index contributed by atoms with van der Waals surface area (Å²) in [5.74, 6) is 0.941. The number of benzene rings is 2. The molecule has 0 atom stereocenters. The van der Waals surface area contributed by atoms with Crippen molar-refractivity contribution in [2.75, 3.05) is 0 Å². The molecule has 5 nitrogen and oxygen atoms in total. The molecule has 0 unspecified atom stereocenters. The van der Waals surface area contributed by atoms with Crippen LogP contribution in [0.2, 0.25) is 0 Å². The lowest BCUT2D eigenvalue weighted by Gasteiger charge is -2.25. The highest BCUT2D eigenvalue weighted by Crippen LogP contribution is 2.30. The Morgan fingerprint density at radius 1 is 1.07 bits per heavy atom. The number of hydrogen-bond acceptors (Lipinski definition) is 3. The van der Waals surface area contributed by atoms with Gasteiger partial charge in [0.15, 0.2) is 5.78 Å². The molecular formula is C25H26N4O. The molecule has 0 saturated heterocycles. The van der Waals surface area contributed by atoms with E-state index < -0.39 is 0 Å². The normalized spacial score (nSPS) is 14.1. The van der Waals surface area contributed by atoms with Crippen molar-refractivity contribution in [3.8, 4) is 0 Å². The third-order valence-corrected chi connectivity index (χ3v) is 6.19. The van der Waals surface area contributed by atoms with E-state index in [-0.39, 0.29) is 5.78 Å². The largest absolute Gasteiger partial charge is 0.292 e. The van der Waals surface area contributed by atoms with E-state index in [1.54, 1.807) is 6.20 Å². The first-order valence-electron chi connectivity index (χ1n) is 10.8. The summed E-state index contributed by atoms with van der Waals surface area (Å²) in [5.41, 5.74) is 4.95. The zero-order valence-electron chi connectivity index (χ0n) is 17.1. The van der Waals surface area contributed by atoms with Crippen LogP contribution in [0.5, 0.6) is 0 Å². The van der Waals surface area contributed by atoms with E-state index >= 15 is 0 Å². The number of aryl methyl sites for hydroxylation is 1. The molecule has 1 aliphatic rings. The van der Waals surface area contributed by atoms with E-state index in [1.165, 1.54) is 36.8 Å². The van der Waals surface area contributed by atoms with E-state index in [9.17, 15) is 4.79 Å². The summed E-state index contributed by atoms with van der Waals surface area (Å²) in [6.07, 6.45) is 10.7. The molecule has 0 amide bonds. The second kappa shape index (κ2) is 8.27. The average molecular weight is 399 g/mol. The van der Waals surface area contributed by atoms with Gasteiger partial charge in [0.1, 0.15) is 5.69 Å². The summed E-state index contributed by atoms with van der Waals surface area (Å²) in [6.45, 7) is 0.719. The lowest BCUT2D eigenvalue weighted by Crippen LogP contribution is -2.11. The van der Waals surface area contributed by atoms with Crippen LogP contribution in [0.4, 0.5) is 0 Å². The van der Waals surface area contributed by atoms with Crippen molar-refractivity contribution in [2.45, 2.75) is 45.1 Å². The highest BCUT2D eigenvalue weighted by molar-refractivity contribution is 6.06. The zero-order chi connectivity index (χ0) is 20.3. The lowest BCUT2D eigenvalue weighted by molar-refractivity contribution is 0.0989. The monoisotopic (exact) mass is 398 g/mol. The van der Waals surface area contributed by atoms with Crippen molar-refractivity contribution in [3.05, 3.63) is 83.3 Å². The molecule has 1 aliphatic carbocycles. The van der Waals surface area contributed by atoms with Crippen LogP contribution in [-0.2, 0) is 19.4 Å². The zero-order valence-corrected chi connectivity index (χ0v) is 17.1. The molecule has 152 valence electrons. The van der Waals surface area contributed by atoms with Gasteiger partial charge in [0.2, 0.25) is 0 Å². The van der Waals surface area contributed by atoms with Gasteiger partial charge in [-0.2, -0.15) is 10.2 Å². The molecule has 30 heavy (non-hydrogen) atoms. The maximum absolute atomic E-state index is 12.7. The Labute approximate surface area is 176 Å². The fraction of sp³-hybridized carbons (Fsp3) is 0.320. The van der Waals surface area contributed by atoms with Crippen LogP contribution in [0, 0.1) is 5.92 Å². The molecule has 0 bridgehead atoms. The minimum Gasteiger partial charge on any atom is -0.292 e. The third kappa shape index (κ3) is 4.06. The Bertz CT molecular complexity index is 1170. The maximum Gasteiger partial charge on any atom is 0.188 e. The molecule has 1 fully saturated rings. The molecule has 5 heteroatoms. The van der Waals surface area contributed by atoms with Gasteiger partial charge in [-0.1, -0.05) is 61.7 Å². The maximum atomic E-state index is 12.7. The highest BCUT2D eigenvalue weighted by atomic mass is 16.1. The number of rotatable bonds is 8. The summed E-state index contributed by atoms with van der Waals surface area (Å²) < 4.78 is 1.91. The standard InChI is InChI=1S/C25H26N4O/c30-24(25-22-9-1-2-10-23(22)27-28-25)14-21-15-26-29(17-21)16-20-8-4-7-19(13-20)12-11-18-5-3-6-18/h1-2,4,7-10,13,15,17-18H,3,5-6,11-12,14,16H2,(H,27,28). The van der Waals surface area contributed by atoms with E-state index in [4.69, 9.17) is 0 Å². The van der Waals surface area contributed by atoms with Crippen LogP contribution in [-0.4, -0.2) is 25.8 Å². The molecule has 2 aromatic carbocycles. The van der Waals surface area contributed by atoms with Crippen molar-refractivity contribution < 1.29 is 4.79 Å². The Morgan fingerprint density at radius 2 is 1.93 bits per heavy atom. The lowest BCUT2D eigenvalue weighted by atomic mass is 9.81. The van der Waals surface area contributed by atoms with Gasteiger partial charge in [-0.15, -0.1) is 0 Å². The van der Waals surface area contributed by atoms with Crippen molar-refractivity contribution in [1.29, 1.82) is 0 Å². The minimum atomic E-state index is 0.00462. The summed E-state index contributed by atoms with van der Waals surface area (Å²) in [4.78, 5) is 12.7. The van der Waals surface area contributed by atoms with Crippen LogP contribution in [0.15, 0.2) is 60.9 Å². The van der Waals surface area contributed by atoms with Gasteiger partial charge < -0.3 is 0 Å². The smallest absolute Gasteiger partial charge is 0.188 e. The fourth-order valence-electron chi connectivity index (χ4n) is 4.25. The molecule has 4 aromatic rings. The highest BCUT2D eigenvalue weighted by Gasteiger charge is 2.17. The van der Waals surface area contributed by atoms with Gasteiger partial charge in [-0.3, -0.25) is 14.6 Å². The number of fused-ring (bicyclic) bond motifs is 1. The number of nitrogens with one attached hydrogen (secondary N) is 1. The predicted molar refractivity (Wildman–Crippen MR) is 118 cm³/mol.